The SMILES string of the molecule is OCCn1cc(-c2cnc3nnn(Cc4ccn5cccc5n4)c3n2)cn1. The summed E-state index contributed by atoms with van der Waals surface area (Å²) in [7, 11) is 0. The lowest BCUT2D eigenvalue weighted by atomic mass is 10.3. The Morgan fingerprint density at radius 2 is 2.04 bits per heavy atom. The van der Waals surface area contributed by atoms with Gasteiger partial charge in [0.25, 0.3) is 0 Å². The molecule has 27 heavy (non-hydrogen) atoms. The average molecular weight is 361 g/mol. The van der Waals surface area contributed by atoms with Crippen LogP contribution in [0.1, 0.15) is 5.69 Å². The molecule has 0 atom stereocenters. The molecule has 0 unspecified atom stereocenters. The number of aromatic nitrogens is 9. The van der Waals surface area contributed by atoms with Crippen LogP contribution in [-0.2, 0) is 13.1 Å². The van der Waals surface area contributed by atoms with Gasteiger partial charge >= 0.3 is 0 Å². The standard InChI is InChI=1S/C17H15N9O/c27-7-6-25-10-12(8-19-25)14-9-18-16-17(21-14)26(23-22-16)11-13-3-5-24-4-1-2-15(24)20-13/h1-5,8-10,27H,6-7,11H2. The van der Waals surface area contributed by atoms with Crippen LogP contribution in [-0.4, -0.2) is 55.8 Å². The fourth-order valence-corrected chi connectivity index (χ4v) is 2.92. The van der Waals surface area contributed by atoms with E-state index < -0.39 is 0 Å². The maximum absolute atomic E-state index is 9.03. The first-order valence-electron chi connectivity index (χ1n) is 8.43. The van der Waals surface area contributed by atoms with Crippen LogP contribution in [0.25, 0.3) is 28.2 Å². The van der Waals surface area contributed by atoms with Crippen LogP contribution in [0.2, 0.25) is 0 Å². The second-order valence-corrected chi connectivity index (χ2v) is 6.06. The first-order valence-corrected chi connectivity index (χ1v) is 8.43. The average Bonchev–Trinajstić information content (AvgIpc) is 3.41. The lowest BCUT2D eigenvalue weighted by Gasteiger charge is -2.03. The van der Waals surface area contributed by atoms with Crippen molar-refractivity contribution in [2.24, 2.45) is 0 Å². The van der Waals surface area contributed by atoms with Crippen molar-refractivity contribution in [1.82, 2.24) is 44.1 Å². The molecular formula is C17H15N9O. The summed E-state index contributed by atoms with van der Waals surface area (Å²) in [6.07, 6.45) is 9.08. The molecule has 5 aromatic rings. The summed E-state index contributed by atoms with van der Waals surface area (Å²) in [5, 5.41) is 21.5. The number of aliphatic hydroxyl groups is 1. The van der Waals surface area contributed by atoms with Gasteiger partial charge in [-0.25, -0.2) is 19.6 Å². The molecule has 134 valence electrons. The monoisotopic (exact) mass is 361 g/mol. The third-order valence-electron chi connectivity index (χ3n) is 4.24. The summed E-state index contributed by atoms with van der Waals surface area (Å²) >= 11 is 0. The van der Waals surface area contributed by atoms with E-state index in [9.17, 15) is 0 Å². The van der Waals surface area contributed by atoms with Crippen LogP contribution < -0.4 is 0 Å². The number of hydrogen-bond acceptors (Lipinski definition) is 7. The summed E-state index contributed by atoms with van der Waals surface area (Å²) < 4.78 is 5.30. The lowest BCUT2D eigenvalue weighted by molar-refractivity contribution is 0.269. The van der Waals surface area contributed by atoms with Gasteiger partial charge in [-0.05, 0) is 18.2 Å². The van der Waals surface area contributed by atoms with Crippen molar-refractivity contribution in [2.45, 2.75) is 13.1 Å². The maximum atomic E-state index is 9.03. The molecule has 0 radical (unpaired) electrons. The lowest BCUT2D eigenvalue weighted by Crippen LogP contribution is -2.06. The van der Waals surface area contributed by atoms with E-state index in [2.05, 4.69) is 30.4 Å². The highest BCUT2D eigenvalue weighted by Crippen LogP contribution is 2.18. The molecule has 0 saturated heterocycles. The number of hydrogen-bond donors (Lipinski definition) is 1. The van der Waals surface area contributed by atoms with Crippen LogP contribution in [0.4, 0.5) is 0 Å². The van der Waals surface area contributed by atoms with Gasteiger partial charge in [0.05, 0.1) is 43.5 Å². The molecule has 0 saturated carbocycles. The highest BCUT2D eigenvalue weighted by Gasteiger charge is 2.12. The fraction of sp³-hybridized carbons (Fsp3) is 0.176. The molecule has 0 aliphatic heterocycles. The summed E-state index contributed by atoms with van der Waals surface area (Å²) in [6, 6.07) is 5.84. The Bertz CT molecular complexity index is 1240. The number of rotatable bonds is 5. The van der Waals surface area contributed by atoms with Crippen molar-refractivity contribution in [1.29, 1.82) is 0 Å². The molecule has 1 N–H and O–H groups in total. The molecule has 10 heteroatoms. The largest absolute Gasteiger partial charge is 0.394 e. The Hall–Kier alpha value is -3.66. The summed E-state index contributed by atoms with van der Waals surface area (Å²) in [5.41, 5.74) is 4.28. The van der Waals surface area contributed by atoms with Gasteiger partial charge in [-0.15, -0.1) is 5.10 Å². The maximum Gasteiger partial charge on any atom is 0.221 e. The molecule has 0 aromatic carbocycles. The predicted molar refractivity (Wildman–Crippen MR) is 95.7 cm³/mol. The van der Waals surface area contributed by atoms with Crippen molar-refractivity contribution in [3.63, 3.8) is 0 Å². The Morgan fingerprint density at radius 1 is 1.07 bits per heavy atom. The molecule has 0 aliphatic rings. The highest BCUT2D eigenvalue weighted by atomic mass is 16.3. The van der Waals surface area contributed by atoms with E-state index in [1.165, 1.54) is 0 Å². The fourth-order valence-electron chi connectivity index (χ4n) is 2.92. The van der Waals surface area contributed by atoms with E-state index in [0.29, 0.717) is 30.1 Å². The number of nitrogens with zero attached hydrogens (tertiary/aromatic N) is 9. The third kappa shape index (κ3) is 2.81. The number of aliphatic hydroxyl groups excluding tert-OH is 1. The van der Waals surface area contributed by atoms with Crippen LogP contribution >= 0.6 is 0 Å². The van der Waals surface area contributed by atoms with E-state index in [1.54, 1.807) is 21.8 Å². The Balaban J connectivity index is 1.50. The smallest absolute Gasteiger partial charge is 0.221 e. The van der Waals surface area contributed by atoms with Crippen molar-refractivity contribution < 1.29 is 5.11 Å². The zero-order valence-corrected chi connectivity index (χ0v) is 14.2. The Labute approximate surface area is 152 Å². The Morgan fingerprint density at radius 3 is 2.96 bits per heavy atom. The van der Waals surface area contributed by atoms with Gasteiger partial charge in [0.15, 0.2) is 5.65 Å². The molecular weight excluding hydrogens is 346 g/mol. The van der Waals surface area contributed by atoms with E-state index in [-0.39, 0.29) is 6.61 Å². The van der Waals surface area contributed by atoms with Gasteiger partial charge < -0.3 is 9.51 Å². The summed E-state index contributed by atoms with van der Waals surface area (Å²) in [6.45, 7) is 0.907. The van der Waals surface area contributed by atoms with E-state index >= 15 is 0 Å². The van der Waals surface area contributed by atoms with Crippen molar-refractivity contribution >= 4 is 16.9 Å². The van der Waals surface area contributed by atoms with Gasteiger partial charge in [0, 0.05) is 24.2 Å². The molecule has 5 rings (SSSR count). The molecule has 0 aliphatic carbocycles. The first kappa shape index (κ1) is 15.6. The molecule has 0 amide bonds. The molecule has 0 bridgehead atoms. The van der Waals surface area contributed by atoms with Crippen LogP contribution in [0, 0.1) is 0 Å². The van der Waals surface area contributed by atoms with Crippen molar-refractivity contribution in [2.75, 3.05) is 6.61 Å². The van der Waals surface area contributed by atoms with Gasteiger partial charge in [0.1, 0.15) is 5.65 Å². The van der Waals surface area contributed by atoms with Crippen molar-refractivity contribution in [3.8, 4) is 11.3 Å². The van der Waals surface area contributed by atoms with Gasteiger partial charge in [0.2, 0.25) is 5.65 Å². The van der Waals surface area contributed by atoms with E-state index in [0.717, 1.165) is 16.9 Å². The van der Waals surface area contributed by atoms with Gasteiger partial charge in [-0.1, -0.05) is 5.21 Å². The minimum absolute atomic E-state index is 0.0293. The zero-order valence-electron chi connectivity index (χ0n) is 14.2. The van der Waals surface area contributed by atoms with Crippen LogP contribution in [0.5, 0.6) is 0 Å². The molecule has 0 fully saturated rings. The minimum Gasteiger partial charge on any atom is -0.394 e. The predicted octanol–water partition coefficient (Wildman–Crippen LogP) is 0.773. The molecule has 0 spiro atoms. The molecule has 5 heterocycles. The minimum atomic E-state index is 0.0293. The van der Waals surface area contributed by atoms with Gasteiger partial charge in [-0.3, -0.25) is 4.68 Å². The summed E-state index contributed by atoms with van der Waals surface area (Å²) in [5.74, 6) is 0. The second kappa shape index (κ2) is 6.25. The zero-order chi connectivity index (χ0) is 18.2. The first-order chi connectivity index (χ1) is 13.3. The molecule has 5 aromatic heterocycles. The third-order valence-corrected chi connectivity index (χ3v) is 4.24. The Kier molecular flexibility index (Phi) is 3.61. The van der Waals surface area contributed by atoms with E-state index in [1.807, 2.05) is 41.2 Å². The second-order valence-electron chi connectivity index (χ2n) is 6.06. The molecule has 10 nitrogen and oxygen atoms in total. The van der Waals surface area contributed by atoms with Crippen LogP contribution in [0.3, 0.4) is 0 Å². The summed E-state index contributed by atoms with van der Waals surface area (Å²) in [4.78, 5) is 13.6. The quantitative estimate of drug-likeness (QED) is 0.492. The van der Waals surface area contributed by atoms with Crippen LogP contribution in [0.15, 0.2) is 49.2 Å². The normalized spacial score (nSPS) is 11.6. The topological polar surface area (TPSA) is 112 Å². The van der Waals surface area contributed by atoms with E-state index in [4.69, 9.17) is 5.11 Å². The number of fused-ring (bicyclic) bond motifs is 2. The van der Waals surface area contributed by atoms with Gasteiger partial charge in [-0.2, -0.15) is 5.10 Å². The van der Waals surface area contributed by atoms with Crippen molar-refractivity contribution in [3.05, 3.63) is 54.9 Å². The highest BCUT2D eigenvalue weighted by molar-refractivity contribution is 5.69.